The number of anilines is 2. The topological polar surface area (TPSA) is 50.5 Å². The molecule has 1 aromatic carbocycles. The van der Waals surface area contributed by atoms with Crippen molar-refractivity contribution < 1.29 is 4.74 Å². The van der Waals surface area contributed by atoms with Gasteiger partial charge >= 0.3 is 0 Å². The molecule has 3 N–H and O–H groups in total. The minimum absolute atomic E-state index is 0.164. The first-order chi connectivity index (χ1) is 8.56. The van der Waals surface area contributed by atoms with E-state index < -0.39 is 0 Å². The molecule has 0 spiro atoms. The van der Waals surface area contributed by atoms with Gasteiger partial charge in [-0.05, 0) is 19.2 Å². The molecule has 100 valence electrons. The second kappa shape index (κ2) is 5.97. The molecule has 1 atom stereocenters. The van der Waals surface area contributed by atoms with E-state index in [4.69, 9.17) is 33.7 Å². The number of hydrogen-bond acceptors (Lipinski definition) is 4. The van der Waals surface area contributed by atoms with Crippen LogP contribution in [0.1, 0.15) is 0 Å². The lowest BCUT2D eigenvalue weighted by atomic mass is 10.2. The number of benzene rings is 1. The van der Waals surface area contributed by atoms with Gasteiger partial charge in [-0.25, -0.2) is 0 Å². The fourth-order valence-electron chi connectivity index (χ4n) is 1.93. The molecule has 2 rings (SSSR count). The van der Waals surface area contributed by atoms with Crippen LogP contribution in [0.2, 0.25) is 10.0 Å². The van der Waals surface area contributed by atoms with Crippen LogP contribution in [0, 0.1) is 0 Å². The third-order valence-corrected chi connectivity index (χ3v) is 3.68. The molecule has 1 aliphatic heterocycles. The molecule has 6 heteroatoms. The molecular weight excluding hydrogens is 273 g/mol. The van der Waals surface area contributed by atoms with Crippen molar-refractivity contribution in [3.63, 3.8) is 0 Å². The van der Waals surface area contributed by atoms with Crippen LogP contribution in [0.5, 0.6) is 0 Å². The highest BCUT2D eigenvalue weighted by atomic mass is 35.5. The summed E-state index contributed by atoms with van der Waals surface area (Å²) >= 11 is 11.8. The van der Waals surface area contributed by atoms with Gasteiger partial charge in [0.1, 0.15) is 0 Å². The summed E-state index contributed by atoms with van der Waals surface area (Å²) in [6.45, 7) is 3.35. The van der Waals surface area contributed by atoms with Gasteiger partial charge in [0, 0.05) is 19.6 Å². The maximum Gasteiger partial charge on any atom is 0.0874 e. The molecular formula is C12H17Cl2N3O. The molecule has 1 aromatic rings. The number of likely N-dealkylation sites (N-methyl/N-ethyl adjacent to an activating group) is 1. The number of nitrogens with one attached hydrogen (secondary N) is 1. The molecule has 0 saturated carbocycles. The van der Waals surface area contributed by atoms with Crippen molar-refractivity contribution in [1.29, 1.82) is 0 Å². The second-order valence-corrected chi connectivity index (χ2v) is 5.30. The molecule has 0 amide bonds. The van der Waals surface area contributed by atoms with Crippen LogP contribution >= 0.6 is 23.2 Å². The van der Waals surface area contributed by atoms with E-state index in [-0.39, 0.29) is 6.10 Å². The quantitative estimate of drug-likeness (QED) is 0.839. The molecule has 1 aliphatic rings. The van der Waals surface area contributed by atoms with Gasteiger partial charge in [0.05, 0.1) is 34.1 Å². The number of morpholine rings is 1. The summed E-state index contributed by atoms with van der Waals surface area (Å²) in [6.07, 6.45) is 0.164. The molecule has 1 unspecified atom stereocenters. The van der Waals surface area contributed by atoms with E-state index >= 15 is 0 Å². The van der Waals surface area contributed by atoms with Gasteiger partial charge in [-0.15, -0.1) is 0 Å². The lowest BCUT2D eigenvalue weighted by Gasteiger charge is -2.30. The Kier molecular flexibility index (Phi) is 4.56. The zero-order valence-electron chi connectivity index (χ0n) is 10.2. The van der Waals surface area contributed by atoms with E-state index in [2.05, 4.69) is 17.3 Å². The Morgan fingerprint density at radius 1 is 1.44 bits per heavy atom. The minimum Gasteiger partial charge on any atom is -0.397 e. The van der Waals surface area contributed by atoms with Gasteiger partial charge < -0.3 is 20.7 Å². The number of nitrogens with two attached hydrogens (primary N) is 1. The van der Waals surface area contributed by atoms with Gasteiger partial charge in [-0.3, -0.25) is 0 Å². The summed E-state index contributed by atoms with van der Waals surface area (Å²) in [5, 5.41) is 4.21. The molecule has 0 radical (unpaired) electrons. The maximum atomic E-state index is 5.96. The lowest BCUT2D eigenvalue weighted by molar-refractivity contribution is -0.0117. The number of hydrogen-bond donors (Lipinski definition) is 2. The standard InChI is InChI=1S/C12H17Cl2N3O/c1-17-2-3-18-8(7-17)6-16-12-5-10(14)9(13)4-11(12)15/h4-5,8,16H,2-3,6-7,15H2,1H3. The summed E-state index contributed by atoms with van der Waals surface area (Å²) in [4.78, 5) is 2.24. The smallest absolute Gasteiger partial charge is 0.0874 e. The fraction of sp³-hybridized carbons (Fsp3) is 0.500. The average molecular weight is 290 g/mol. The highest BCUT2D eigenvalue weighted by Gasteiger charge is 2.17. The number of halogens is 2. The van der Waals surface area contributed by atoms with E-state index in [0.29, 0.717) is 22.3 Å². The van der Waals surface area contributed by atoms with Gasteiger partial charge in [0.15, 0.2) is 0 Å². The van der Waals surface area contributed by atoms with Crippen LogP contribution < -0.4 is 11.1 Å². The van der Waals surface area contributed by atoms with Crippen molar-refractivity contribution >= 4 is 34.6 Å². The Bertz CT molecular complexity index is 428. The Hall–Kier alpha value is -0.680. The molecule has 1 heterocycles. The van der Waals surface area contributed by atoms with Crippen LogP contribution in [0.25, 0.3) is 0 Å². The summed E-state index contributed by atoms with van der Waals surface area (Å²) < 4.78 is 5.66. The molecule has 4 nitrogen and oxygen atoms in total. The van der Waals surface area contributed by atoms with E-state index in [1.165, 1.54) is 0 Å². The highest BCUT2D eigenvalue weighted by Crippen LogP contribution is 2.30. The molecule has 1 saturated heterocycles. The third-order valence-electron chi connectivity index (χ3n) is 2.95. The number of nitrogen functional groups attached to an aromatic ring is 1. The Morgan fingerprint density at radius 2 is 2.17 bits per heavy atom. The zero-order chi connectivity index (χ0) is 13.1. The maximum absolute atomic E-state index is 5.96. The van der Waals surface area contributed by atoms with Crippen molar-refractivity contribution in [2.75, 3.05) is 44.3 Å². The van der Waals surface area contributed by atoms with Crippen LogP contribution in [0.15, 0.2) is 12.1 Å². The SMILES string of the molecule is CN1CCOC(CNc2cc(Cl)c(Cl)cc2N)C1. The first-order valence-electron chi connectivity index (χ1n) is 5.85. The Labute approximate surface area is 117 Å². The molecule has 0 bridgehead atoms. The van der Waals surface area contributed by atoms with Crippen molar-refractivity contribution in [2.24, 2.45) is 0 Å². The van der Waals surface area contributed by atoms with E-state index in [9.17, 15) is 0 Å². The monoisotopic (exact) mass is 289 g/mol. The molecule has 18 heavy (non-hydrogen) atoms. The lowest BCUT2D eigenvalue weighted by Crippen LogP contribution is -2.43. The van der Waals surface area contributed by atoms with Crippen LogP contribution in [0.3, 0.4) is 0 Å². The Balaban J connectivity index is 1.95. The van der Waals surface area contributed by atoms with Crippen molar-refractivity contribution in [1.82, 2.24) is 4.90 Å². The van der Waals surface area contributed by atoms with Gasteiger partial charge in [-0.1, -0.05) is 23.2 Å². The van der Waals surface area contributed by atoms with E-state index in [1.807, 2.05) is 0 Å². The van der Waals surface area contributed by atoms with Crippen LogP contribution in [-0.4, -0.2) is 44.3 Å². The number of ether oxygens (including phenoxy) is 1. The zero-order valence-corrected chi connectivity index (χ0v) is 11.8. The average Bonchev–Trinajstić information content (AvgIpc) is 2.32. The third kappa shape index (κ3) is 3.42. The fourth-order valence-corrected chi connectivity index (χ4v) is 2.27. The predicted molar refractivity (Wildman–Crippen MR) is 76.6 cm³/mol. The van der Waals surface area contributed by atoms with Crippen molar-refractivity contribution in [3.8, 4) is 0 Å². The number of rotatable bonds is 3. The summed E-state index contributed by atoms with van der Waals surface area (Å²) in [6, 6.07) is 3.39. The summed E-state index contributed by atoms with van der Waals surface area (Å²) in [5.41, 5.74) is 7.26. The normalized spacial score (nSPS) is 20.9. The highest BCUT2D eigenvalue weighted by molar-refractivity contribution is 6.42. The van der Waals surface area contributed by atoms with Crippen LogP contribution in [-0.2, 0) is 4.74 Å². The minimum atomic E-state index is 0.164. The van der Waals surface area contributed by atoms with Gasteiger partial charge in [-0.2, -0.15) is 0 Å². The first-order valence-corrected chi connectivity index (χ1v) is 6.60. The first kappa shape index (κ1) is 13.7. The summed E-state index contributed by atoms with van der Waals surface area (Å²) in [5.74, 6) is 0. The van der Waals surface area contributed by atoms with Gasteiger partial charge in [0.25, 0.3) is 0 Å². The van der Waals surface area contributed by atoms with E-state index in [1.54, 1.807) is 12.1 Å². The van der Waals surface area contributed by atoms with Crippen molar-refractivity contribution in [2.45, 2.75) is 6.10 Å². The largest absolute Gasteiger partial charge is 0.397 e. The predicted octanol–water partition coefficient (Wildman–Crippen LogP) is 2.32. The molecule has 1 fully saturated rings. The number of nitrogens with zero attached hydrogens (tertiary/aromatic N) is 1. The Morgan fingerprint density at radius 3 is 2.89 bits per heavy atom. The molecule has 0 aliphatic carbocycles. The summed E-state index contributed by atoms with van der Waals surface area (Å²) in [7, 11) is 2.09. The van der Waals surface area contributed by atoms with E-state index in [0.717, 1.165) is 25.4 Å². The van der Waals surface area contributed by atoms with Gasteiger partial charge in [0.2, 0.25) is 0 Å². The van der Waals surface area contributed by atoms with Crippen LogP contribution in [0.4, 0.5) is 11.4 Å². The molecule has 0 aromatic heterocycles. The second-order valence-electron chi connectivity index (χ2n) is 4.49. The van der Waals surface area contributed by atoms with Crippen molar-refractivity contribution in [3.05, 3.63) is 22.2 Å².